The molecule has 134 valence electrons. The zero-order valence-electron chi connectivity index (χ0n) is 16.7. The van der Waals surface area contributed by atoms with E-state index in [1.807, 2.05) is 13.8 Å². The molecule has 0 nitrogen and oxygen atoms in total. The molecule has 0 saturated heterocycles. The second-order valence-corrected chi connectivity index (χ2v) is 10.9. The Morgan fingerprint density at radius 1 is 0.739 bits per heavy atom. The maximum Gasteiger partial charge on any atom is 0.158 e. The van der Waals surface area contributed by atoms with E-state index in [1.165, 1.54) is 0 Å². The van der Waals surface area contributed by atoms with Crippen LogP contribution in [0.3, 0.4) is 0 Å². The van der Waals surface area contributed by atoms with Crippen molar-refractivity contribution in [2.75, 3.05) is 6.26 Å². The summed E-state index contributed by atoms with van der Waals surface area (Å²) >= 11 is 0. The maximum absolute atomic E-state index is 2.48. The zero-order valence-corrected chi connectivity index (χ0v) is 17.5. The third-order valence-electron chi connectivity index (χ3n) is 7.29. The van der Waals surface area contributed by atoms with Crippen LogP contribution in [0.4, 0.5) is 0 Å². The van der Waals surface area contributed by atoms with E-state index in [9.17, 15) is 0 Å². The summed E-state index contributed by atoms with van der Waals surface area (Å²) in [6.07, 6.45) is 2.44. The van der Waals surface area contributed by atoms with Crippen LogP contribution >= 0.6 is 0 Å². The Bertz CT molecular complexity index is 521. The largest absolute Gasteiger partial charge is 0.158 e. The van der Waals surface area contributed by atoms with Gasteiger partial charge in [-0.15, -0.1) is 0 Å². The molecule has 0 N–H and O–H groups in total. The van der Waals surface area contributed by atoms with Crippen LogP contribution in [0.2, 0.25) is 0 Å². The zero-order chi connectivity index (χ0) is 17.6. The highest BCUT2D eigenvalue weighted by Crippen LogP contribution is 2.62. The van der Waals surface area contributed by atoms with Crippen molar-refractivity contribution in [3.05, 3.63) is 29.8 Å². The van der Waals surface area contributed by atoms with E-state index in [0.29, 0.717) is 0 Å². The van der Waals surface area contributed by atoms with Gasteiger partial charge in [-0.2, -0.15) is 0 Å². The van der Waals surface area contributed by atoms with Crippen molar-refractivity contribution in [2.45, 2.75) is 91.7 Å². The van der Waals surface area contributed by atoms with Gasteiger partial charge in [0.1, 0.15) is 11.0 Å². The van der Waals surface area contributed by atoms with Gasteiger partial charge in [0, 0.05) is 27.3 Å². The van der Waals surface area contributed by atoms with Gasteiger partial charge >= 0.3 is 0 Å². The van der Waals surface area contributed by atoms with Crippen molar-refractivity contribution in [1.82, 2.24) is 0 Å². The first-order valence-electron chi connectivity index (χ1n) is 8.64. The van der Waals surface area contributed by atoms with Crippen LogP contribution in [-0.4, -0.2) is 11.0 Å². The number of rotatable bonds is 0. The van der Waals surface area contributed by atoms with E-state index >= 15 is 0 Å². The average Bonchev–Trinajstić information content (AvgIpc) is 2.48. The molecule has 1 aliphatic heterocycles. The fraction of sp³-hybridized carbons (Fsp3) is 0.727. The molecule has 1 aromatic rings. The minimum absolute atomic E-state index is 0. The van der Waals surface area contributed by atoms with Crippen molar-refractivity contribution >= 4 is 10.9 Å². The summed E-state index contributed by atoms with van der Waals surface area (Å²) in [5.74, 6) is 0. The lowest BCUT2D eigenvalue weighted by Crippen LogP contribution is -2.56. The Balaban J connectivity index is 0.00000155. The Morgan fingerprint density at radius 2 is 1.17 bits per heavy atom. The van der Waals surface area contributed by atoms with Gasteiger partial charge < -0.3 is 0 Å². The lowest BCUT2D eigenvalue weighted by molar-refractivity contribution is 0.00745. The van der Waals surface area contributed by atoms with Crippen molar-refractivity contribution < 1.29 is 0 Å². The van der Waals surface area contributed by atoms with Gasteiger partial charge in [0.25, 0.3) is 0 Å². The van der Waals surface area contributed by atoms with Gasteiger partial charge in [0.05, 0.1) is 0 Å². The molecule has 0 amide bonds. The van der Waals surface area contributed by atoms with Crippen LogP contribution in [-0.2, 0) is 16.3 Å². The van der Waals surface area contributed by atoms with Crippen LogP contribution in [0.25, 0.3) is 0 Å². The third-order valence-corrected chi connectivity index (χ3v) is 10.3. The van der Waals surface area contributed by atoms with Crippen molar-refractivity contribution in [2.24, 2.45) is 10.8 Å². The summed E-state index contributed by atoms with van der Waals surface area (Å²) in [6.45, 7) is 23.7. The third kappa shape index (κ3) is 2.88. The molecular formula is C22H41S+. The summed E-state index contributed by atoms with van der Waals surface area (Å²) in [7, 11) is 0.245. The first kappa shape index (κ1) is 22.6. The average molecular weight is 338 g/mol. The quantitative estimate of drug-likeness (QED) is 0.444. The number of hydrogen-bond acceptors (Lipinski definition) is 0. The van der Waals surface area contributed by atoms with Gasteiger partial charge in [0.2, 0.25) is 0 Å². The topological polar surface area (TPSA) is 0 Å². The molecular weight excluding hydrogens is 296 g/mol. The molecule has 0 fully saturated rings. The number of benzene rings is 1. The van der Waals surface area contributed by atoms with Gasteiger partial charge in [-0.25, -0.2) is 0 Å². The number of hydrogen-bond donors (Lipinski definition) is 0. The second kappa shape index (κ2) is 6.82. The standard InChI is InChI=1S/C19H31S.C2H6.CH4/c1-16(2)14-12-10-11-13-15(14)20(9)19(7,8)18(5,6)17(16,3)4;1-2;/h10-13H,1-9H3;1-2H3;1H4/q+1;;. The fourth-order valence-electron chi connectivity index (χ4n) is 3.78. The molecule has 1 heteroatoms. The van der Waals surface area contributed by atoms with Crippen LogP contribution in [0.1, 0.15) is 82.2 Å². The number of fused-ring (bicyclic) bond motifs is 1. The van der Waals surface area contributed by atoms with E-state index in [2.05, 4.69) is 85.9 Å². The monoisotopic (exact) mass is 337 g/mol. The molecule has 0 radical (unpaired) electrons. The molecule has 1 aliphatic rings. The molecule has 1 atom stereocenters. The summed E-state index contributed by atoms with van der Waals surface area (Å²) < 4.78 is 0.278. The van der Waals surface area contributed by atoms with Crippen LogP contribution in [0.5, 0.6) is 0 Å². The van der Waals surface area contributed by atoms with E-state index < -0.39 is 0 Å². The molecule has 1 aromatic carbocycles. The predicted molar refractivity (Wildman–Crippen MR) is 111 cm³/mol. The van der Waals surface area contributed by atoms with Gasteiger partial charge in [0.15, 0.2) is 4.90 Å². The van der Waals surface area contributed by atoms with Gasteiger partial charge in [-0.1, -0.05) is 81.0 Å². The molecule has 0 saturated carbocycles. The van der Waals surface area contributed by atoms with E-state index in [4.69, 9.17) is 0 Å². The predicted octanol–water partition coefficient (Wildman–Crippen LogP) is 7.08. The van der Waals surface area contributed by atoms with E-state index in [-0.39, 0.29) is 39.3 Å². The molecule has 0 aliphatic carbocycles. The Labute approximate surface area is 149 Å². The van der Waals surface area contributed by atoms with Crippen LogP contribution < -0.4 is 0 Å². The molecule has 23 heavy (non-hydrogen) atoms. The summed E-state index contributed by atoms with van der Waals surface area (Å²) in [5.41, 5.74) is 2.19. The maximum atomic E-state index is 2.48. The highest BCUT2D eigenvalue weighted by atomic mass is 32.2. The Morgan fingerprint density at radius 3 is 1.65 bits per heavy atom. The molecule has 0 aromatic heterocycles. The first-order valence-corrected chi connectivity index (χ1v) is 10.3. The molecule has 1 unspecified atom stereocenters. The molecule has 0 spiro atoms. The first-order chi connectivity index (χ1) is 9.89. The van der Waals surface area contributed by atoms with Crippen LogP contribution in [0.15, 0.2) is 29.2 Å². The normalized spacial score (nSPS) is 25.8. The minimum Gasteiger partial charge on any atom is -0.0776 e. The lowest BCUT2D eigenvalue weighted by atomic mass is 9.50. The lowest BCUT2D eigenvalue weighted by Gasteiger charge is -2.54. The Hall–Kier alpha value is -0.430. The van der Waals surface area contributed by atoms with Gasteiger partial charge in [-0.05, 0) is 25.3 Å². The fourth-order valence-corrected chi connectivity index (χ4v) is 6.28. The van der Waals surface area contributed by atoms with Gasteiger partial charge in [-0.3, -0.25) is 0 Å². The highest BCUT2D eigenvalue weighted by Gasteiger charge is 2.64. The molecule has 1 heterocycles. The SMILES string of the molecule is C.CC.C[S+]1c2ccccc2C(C)(C)C(C)(C)C(C)(C)C1(C)C. The van der Waals surface area contributed by atoms with Crippen LogP contribution in [0, 0.1) is 10.8 Å². The van der Waals surface area contributed by atoms with E-state index in [1.54, 1.807) is 10.5 Å². The molecule has 0 bridgehead atoms. The summed E-state index contributed by atoms with van der Waals surface area (Å²) in [5, 5.41) is 0. The highest BCUT2D eigenvalue weighted by molar-refractivity contribution is 7.97. The second-order valence-electron chi connectivity index (χ2n) is 8.39. The summed E-state index contributed by atoms with van der Waals surface area (Å²) in [6, 6.07) is 9.14. The smallest absolute Gasteiger partial charge is 0.0776 e. The summed E-state index contributed by atoms with van der Waals surface area (Å²) in [4.78, 5) is 1.57. The van der Waals surface area contributed by atoms with E-state index in [0.717, 1.165) is 0 Å². The molecule has 2 rings (SSSR count). The Kier molecular flexibility index (Phi) is 6.70. The van der Waals surface area contributed by atoms with Crippen molar-refractivity contribution in [3.8, 4) is 0 Å². The van der Waals surface area contributed by atoms with Crippen molar-refractivity contribution in [1.29, 1.82) is 0 Å². The van der Waals surface area contributed by atoms with Crippen molar-refractivity contribution in [3.63, 3.8) is 0 Å². The minimum atomic E-state index is 0.